The van der Waals surface area contributed by atoms with Crippen molar-refractivity contribution in [2.45, 2.75) is 26.7 Å². The predicted octanol–water partition coefficient (Wildman–Crippen LogP) is 2.89. The normalized spacial score (nSPS) is 11.2. The summed E-state index contributed by atoms with van der Waals surface area (Å²) in [4.78, 5) is 0. The van der Waals surface area contributed by atoms with Crippen molar-refractivity contribution >= 4 is 0 Å². The Balaban J connectivity index is 3.29. The van der Waals surface area contributed by atoms with Gasteiger partial charge < -0.3 is 4.74 Å². The molecule has 0 unspecified atom stereocenters. The van der Waals surface area contributed by atoms with E-state index in [9.17, 15) is 0 Å². The van der Waals surface area contributed by atoms with Gasteiger partial charge in [0.1, 0.15) is 0 Å². The zero-order valence-corrected chi connectivity index (χ0v) is 6.89. The first-order chi connectivity index (χ1) is 4.81. The lowest BCUT2D eigenvalue weighted by Crippen LogP contribution is -1.90. The highest BCUT2D eigenvalue weighted by atomic mass is 16.5. The SMILES string of the molecule is C=C/C=C(\C)OCCCC. The average molecular weight is 140 g/mol. The fraction of sp³-hybridized carbons (Fsp3) is 0.556. The van der Waals surface area contributed by atoms with Crippen LogP contribution in [-0.2, 0) is 4.74 Å². The lowest BCUT2D eigenvalue weighted by Gasteiger charge is -2.02. The van der Waals surface area contributed by atoms with E-state index in [4.69, 9.17) is 4.74 Å². The summed E-state index contributed by atoms with van der Waals surface area (Å²) in [5, 5.41) is 0. The maximum Gasteiger partial charge on any atom is 0.0928 e. The van der Waals surface area contributed by atoms with Crippen molar-refractivity contribution in [3.05, 3.63) is 24.5 Å². The van der Waals surface area contributed by atoms with Crippen LogP contribution in [0.15, 0.2) is 24.5 Å². The molecule has 1 nitrogen and oxygen atoms in total. The van der Waals surface area contributed by atoms with Crippen molar-refractivity contribution in [3.8, 4) is 0 Å². The highest BCUT2D eigenvalue weighted by molar-refractivity contribution is 5.01. The van der Waals surface area contributed by atoms with Crippen molar-refractivity contribution in [2.24, 2.45) is 0 Å². The second-order valence-corrected chi connectivity index (χ2v) is 2.22. The van der Waals surface area contributed by atoms with Crippen LogP contribution in [0.5, 0.6) is 0 Å². The average Bonchev–Trinajstić information content (AvgIpc) is 1.89. The topological polar surface area (TPSA) is 9.23 Å². The Labute approximate surface area is 63.4 Å². The Bertz CT molecular complexity index is 114. The van der Waals surface area contributed by atoms with Crippen LogP contribution in [-0.4, -0.2) is 6.61 Å². The Kier molecular flexibility index (Phi) is 5.94. The fourth-order valence-electron chi connectivity index (χ4n) is 0.592. The highest BCUT2D eigenvalue weighted by Crippen LogP contribution is 1.97. The minimum Gasteiger partial charge on any atom is -0.498 e. The second-order valence-electron chi connectivity index (χ2n) is 2.22. The molecule has 0 saturated heterocycles. The number of hydrogen-bond acceptors (Lipinski definition) is 1. The van der Waals surface area contributed by atoms with Crippen LogP contribution in [0.25, 0.3) is 0 Å². The fourth-order valence-corrected chi connectivity index (χ4v) is 0.592. The summed E-state index contributed by atoms with van der Waals surface area (Å²) in [5.74, 6) is 0.948. The van der Waals surface area contributed by atoms with Gasteiger partial charge in [-0.15, -0.1) is 0 Å². The first-order valence-electron chi connectivity index (χ1n) is 3.73. The van der Waals surface area contributed by atoms with E-state index in [1.54, 1.807) is 6.08 Å². The van der Waals surface area contributed by atoms with Crippen LogP contribution in [0.4, 0.5) is 0 Å². The molecule has 0 aromatic rings. The minimum absolute atomic E-state index is 0.826. The third-order valence-corrected chi connectivity index (χ3v) is 1.18. The highest BCUT2D eigenvalue weighted by Gasteiger charge is 1.85. The summed E-state index contributed by atoms with van der Waals surface area (Å²) >= 11 is 0. The van der Waals surface area contributed by atoms with Gasteiger partial charge in [0.05, 0.1) is 12.4 Å². The first-order valence-corrected chi connectivity index (χ1v) is 3.73. The predicted molar refractivity (Wildman–Crippen MR) is 44.8 cm³/mol. The third kappa shape index (κ3) is 5.42. The molecule has 0 radical (unpaired) electrons. The van der Waals surface area contributed by atoms with Gasteiger partial charge in [-0.25, -0.2) is 0 Å². The second kappa shape index (κ2) is 6.40. The van der Waals surface area contributed by atoms with Gasteiger partial charge in [-0.3, -0.25) is 0 Å². The maximum atomic E-state index is 5.31. The minimum atomic E-state index is 0.826. The quantitative estimate of drug-likeness (QED) is 0.324. The Morgan fingerprint density at radius 3 is 2.80 bits per heavy atom. The van der Waals surface area contributed by atoms with Gasteiger partial charge in [0.2, 0.25) is 0 Å². The molecule has 0 aliphatic carbocycles. The van der Waals surface area contributed by atoms with E-state index in [-0.39, 0.29) is 0 Å². The Morgan fingerprint density at radius 1 is 1.60 bits per heavy atom. The molecule has 0 heterocycles. The van der Waals surface area contributed by atoms with E-state index in [0.717, 1.165) is 18.8 Å². The van der Waals surface area contributed by atoms with Crippen LogP contribution in [0.1, 0.15) is 26.7 Å². The van der Waals surface area contributed by atoms with E-state index in [0.29, 0.717) is 0 Å². The Hall–Kier alpha value is -0.720. The van der Waals surface area contributed by atoms with Crippen molar-refractivity contribution in [2.75, 3.05) is 6.61 Å². The van der Waals surface area contributed by atoms with Crippen molar-refractivity contribution in [1.82, 2.24) is 0 Å². The number of rotatable bonds is 5. The molecule has 0 saturated carbocycles. The van der Waals surface area contributed by atoms with E-state index in [2.05, 4.69) is 13.5 Å². The molecule has 0 amide bonds. The largest absolute Gasteiger partial charge is 0.498 e. The summed E-state index contributed by atoms with van der Waals surface area (Å²) in [7, 11) is 0. The smallest absolute Gasteiger partial charge is 0.0928 e. The van der Waals surface area contributed by atoms with Crippen LogP contribution in [0.3, 0.4) is 0 Å². The molecule has 0 spiro atoms. The number of unbranched alkanes of at least 4 members (excludes halogenated alkanes) is 1. The van der Waals surface area contributed by atoms with E-state index >= 15 is 0 Å². The van der Waals surface area contributed by atoms with Gasteiger partial charge in [0.15, 0.2) is 0 Å². The van der Waals surface area contributed by atoms with Gasteiger partial charge in [0, 0.05) is 0 Å². The molecule has 0 fully saturated rings. The van der Waals surface area contributed by atoms with Crippen LogP contribution < -0.4 is 0 Å². The number of hydrogen-bond donors (Lipinski definition) is 0. The molecule has 0 aromatic heterocycles. The summed E-state index contributed by atoms with van der Waals surface area (Å²) < 4.78 is 5.31. The molecule has 0 N–H and O–H groups in total. The molecule has 0 atom stereocenters. The van der Waals surface area contributed by atoms with E-state index < -0.39 is 0 Å². The summed E-state index contributed by atoms with van der Waals surface area (Å²) in [6.07, 6.45) is 5.92. The van der Waals surface area contributed by atoms with Crippen LogP contribution in [0.2, 0.25) is 0 Å². The zero-order valence-electron chi connectivity index (χ0n) is 6.89. The van der Waals surface area contributed by atoms with E-state index in [1.165, 1.54) is 6.42 Å². The van der Waals surface area contributed by atoms with Crippen molar-refractivity contribution in [3.63, 3.8) is 0 Å². The monoisotopic (exact) mass is 140 g/mol. The summed E-state index contributed by atoms with van der Waals surface area (Å²) in [5.41, 5.74) is 0. The van der Waals surface area contributed by atoms with Gasteiger partial charge in [0.25, 0.3) is 0 Å². The molecule has 58 valence electrons. The van der Waals surface area contributed by atoms with Crippen LogP contribution >= 0.6 is 0 Å². The van der Waals surface area contributed by atoms with Crippen molar-refractivity contribution < 1.29 is 4.74 Å². The molecular formula is C9H16O. The molecule has 0 bridgehead atoms. The lowest BCUT2D eigenvalue weighted by atomic mass is 10.4. The molecule has 10 heavy (non-hydrogen) atoms. The van der Waals surface area contributed by atoms with Gasteiger partial charge in [-0.2, -0.15) is 0 Å². The lowest BCUT2D eigenvalue weighted by molar-refractivity contribution is 0.209. The van der Waals surface area contributed by atoms with E-state index in [1.807, 2.05) is 13.0 Å². The Morgan fingerprint density at radius 2 is 2.30 bits per heavy atom. The molecule has 1 heteroatoms. The zero-order chi connectivity index (χ0) is 7.82. The maximum absolute atomic E-state index is 5.31. The van der Waals surface area contributed by atoms with Gasteiger partial charge in [-0.05, 0) is 19.4 Å². The standard InChI is InChI=1S/C9H16O/c1-4-6-8-10-9(3)7-5-2/h5,7H,2,4,6,8H2,1,3H3/b9-7+. The van der Waals surface area contributed by atoms with Gasteiger partial charge >= 0.3 is 0 Å². The van der Waals surface area contributed by atoms with Crippen LogP contribution in [0, 0.1) is 0 Å². The molecular weight excluding hydrogens is 124 g/mol. The molecule has 0 aliphatic rings. The van der Waals surface area contributed by atoms with Crippen molar-refractivity contribution in [1.29, 1.82) is 0 Å². The molecule has 0 rings (SSSR count). The number of ether oxygens (including phenoxy) is 1. The van der Waals surface area contributed by atoms with Gasteiger partial charge in [-0.1, -0.05) is 26.0 Å². The number of allylic oxidation sites excluding steroid dienone is 3. The molecule has 0 aromatic carbocycles. The summed E-state index contributed by atoms with van der Waals surface area (Å²) in [6, 6.07) is 0. The third-order valence-electron chi connectivity index (χ3n) is 1.18. The molecule has 0 aliphatic heterocycles. The first kappa shape index (κ1) is 9.28. The summed E-state index contributed by atoms with van der Waals surface area (Å²) in [6.45, 7) is 8.49.